The van der Waals surface area contributed by atoms with E-state index in [1.807, 2.05) is 18.4 Å². The Kier molecular flexibility index (Phi) is 5.35. The van der Waals surface area contributed by atoms with Gasteiger partial charge in [-0.2, -0.15) is 4.37 Å². The van der Waals surface area contributed by atoms with E-state index in [9.17, 15) is 0 Å². The third-order valence-electron chi connectivity index (χ3n) is 2.78. The summed E-state index contributed by atoms with van der Waals surface area (Å²) in [6, 6.07) is 0. The molecule has 2 heterocycles. The molecule has 0 atom stereocenters. The summed E-state index contributed by atoms with van der Waals surface area (Å²) in [5, 5.41) is 8.88. The fourth-order valence-corrected chi connectivity index (χ4v) is 2.39. The van der Waals surface area contributed by atoms with Gasteiger partial charge in [0.2, 0.25) is 0 Å². The van der Waals surface area contributed by atoms with Crippen LogP contribution in [-0.4, -0.2) is 45.1 Å². The molecule has 0 unspecified atom stereocenters. The molecule has 19 heavy (non-hydrogen) atoms. The molecular weight excluding hydrogens is 262 g/mol. The standard InChI is InChI=1S/C13H19N3O2S/c1-2-9-18-13-12(14-19-15-13)11-5-3-6-16(10-11)7-4-8-17/h3,5-6,17H,2,4,7-10H2,1H3. The lowest BCUT2D eigenvalue weighted by atomic mass is 10.1. The molecule has 0 saturated heterocycles. The van der Waals surface area contributed by atoms with Crippen LogP contribution in [0.15, 0.2) is 18.4 Å². The second kappa shape index (κ2) is 7.25. The second-order valence-electron chi connectivity index (χ2n) is 4.35. The van der Waals surface area contributed by atoms with Crippen LogP contribution in [0.2, 0.25) is 0 Å². The van der Waals surface area contributed by atoms with Gasteiger partial charge in [0.1, 0.15) is 5.69 Å². The molecule has 104 valence electrons. The van der Waals surface area contributed by atoms with Crippen LogP contribution in [0.25, 0.3) is 5.57 Å². The lowest BCUT2D eigenvalue weighted by Crippen LogP contribution is -2.23. The number of hydrogen-bond donors (Lipinski definition) is 1. The van der Waals surface area contributed by atoms with Crippen molar-refractivity contribution in [3.05, 3.63) is 24.0 Å². The summed E-state index contributed by atoms with van der Waals surface area (Å²) < 4.78 is 14.1. The highest BCUT2D eigenvalue weighted by Gasteiger charge is 2.17. The predicted molar refractivity (Wildman–Crippen MR) is 76.1 cm³/mol. The molecule has 0 aliphatic carbocycles. The topological polar surface area (TPSA) is 58.5 Å². The summed E-state index contributed by atoms with van der Waals surface area (Å²) in [6.07, 6.45) is 7.81. The number of nitrogens with zero attached hydrogens (tertiary/aromatic N) is 3. The first kappa shape index (κ1) is 14.0. The van der Waals surface area contributed by atoms with Gasteiger partial charge in [0.05, 0.1) is 18.3 Å². The summed E-state index contributed by atoms with van der Waals surface area (Å²) in [5.74, 6) is 0.635. The van der Waals surface area contributed by atoms with Crippen LogP contribution in [0.5, 0.6) is 5.88 Å². The third kappa shape index (κ3) is 3.78. The largest absolute Gasteiger partial charge is 0.475 e. The number of ether oxygens (including phenoxy) is 1. The molecule has 0 saturated carbocycles. The molecule has 5 nitrogen and oxygen atoms in total. The van der Waals surface area contributed by atoms with E-state index in [4.69, 9.17) is 9.84 Å². The molecule has 1 aromatic heterocycles. The first-order valence-electron chi connectivity index (χ1n) is 6.53. The van der Waals surface area contributed by atoms with Gasteiger partial charge in [0.25, 0.3) is 5.88 Å². The van der Waals surface area contributed by atoms with Gasteiger partial charge in [-0.3, -0.25) is 0 Å². The molecule has 0 radical (unpaired) electrons. The van der Waals surface area contributed by atoms with E-state index in [0.29, 0.717) is 12.5 Å². The number of aliphatic hydroxyl groups is 1. The fraction of sp³-hybridized carbons (Fsp3) is 0.538. The molecule has 1 aromatic rings. The van der Waals surface area contributed by atoms with Gasteiger partial charge in [-0.15, -0.1) is 4.37 Å². The monoisotopic (exact) mass is 281 g/mol. The van der Waals surface area contributed by atoms with Crippen molar-refractivity contribution in [2.45, 2.75) is 19.8 Å². The Morgan fingerprint density at radius 1 is 1.47 bits per heavy atom. The van der Waals surface area contributed by atoms with Gasteiger partial charge >= 0.3 is 0 Å². The average molecular weight is 281 g/mol. The molecule has 0 fully saturated rings. The van der Waals surface area contributed by atoms with Gasteiger partial charge in [-0.05, 0) is 25.1 Å². The van der Waals surface area contributed by atoms with Crippen molar-refractivity contribution in [2.75, 3.05) is 26.3 Å². The first-order chi connectivity index (χ1) is 9.35. The van der Waals surface area contributed by atoms with Crippen LogP contribution in [0.1, 0.15) is 25.5 Å². The maximum atomic E-state index is 8.88. The number of allylic oxidation sites excluding steroid dienone is 2. The highest BCUT2D eigenvalue weighted by molar-refractivity contribution is 6.99. The molecule has 0 aromatic carbocycles. The van der Waals surface area contributed by atoms with E-state index in [2.05, 4.69) is 20.6 Å². The number of rotatable bonds is 7. The van der Waals surface area contributed by atoms with Crippen LogP contribution in [0.3, 0.4) is 0 Å². The Hall–Kier alpha value is -1.40. The third-order valence-corrected chi connectivity index (χ3v) is 3.29. The summed E-state index contributed by atoms with van der Waals surface area (Å²) >= 11 is 1.18. The smallest absolute Gasteiger partial charge is 0.253 e. The van der Waals surface area contributed by atoms with Crippen LogP contribution in [-0.2, 0) is 0 Å². The highest BCUT2D eigenvalue weighted by Crippen LogP contribution is 2.26. The predicted octanol–water partition coefficient (Wildman–Crippen LogP) is 1.92. The van der Waals surface area contributed by atoms with E-state index >= 15 is 0 Å². The molecule has 1 aliphatic heterocycles. The maximum Gasteiger partial charge on any atom is 0.253 e. The van der Waals surface area contributed by atoms with Crippen molar-refractivity contribution in [3.8, 4) is 5.88 Å². The van der Waals surface area contributed by atoms with E-state index in [1.54, 1.807) is 0 Å². The zero-order valence-electron chi connectivity index (χ0n) is 11.1. The molecule has 1 aliphatic rings. The number of hydrogen-bond acceptors (Lipinski definition) is 6. The van der Waals surface area contributed by atoms with Crippen LogP contribution < -0.4 is 4.74 Å². The average Bonchev–Trinajstić information content (AvgIpc) is 2.91. The van der Waals surface area contributed by atoms with Gasteiger partial charge in [-0.1, -0.05) is 13.0 Å². The molecule has 0 amide bonds. The highest BCUT2D eigenvalue weighted by atomic mass is 32.1. The summed E-state index contributed by atoms with van der Waals surface area (Å²) in [5.41, 5.74) is 1.96. The minimum absolute atomic E-state index is 0.215. The molecule has 0 spiro atoms. The molecule has 2 rings (SSSR count). The Bertz CT molecular complexity index is 456. The Balaban J connectivity index is 2.03. The maximum absolute atomic E-state index is 8.88. The summed E-state index contributed by atoms with van der Waals surface area (Å²) in [6.45, 7) is 4.57. The minimum Gasteiger partial charge on any atom is -0.475 e. The normalized spacial score (nSPS) is 14.6. The zero-order valence-corrected chi connectivity index (χ0v) is 11.9. The Morgan fingerprint density at radius 2 is 2.37 bits per heavy atom. The van der Waals surface area contributed by atoms with E-state index in [0.717, 1.165) is 37.2 Å². The molecule has 1 N–H and O–H groups in total. The Labute approximate surface area is 117 Å². The quantitative estimate of drug-likeness (QED) is 0.827. The van der Waals surface area contributed by atoms with Crippen molar-refractivity contribution < 1.29 is 9.84 Å². The van der Waals surface area contributed by atoms with Crippen LogP contribution >= 0.6 is 11.7 Å². The molecular formula is C13H19N3O2S. The van der Waals surface area contributed by atoms with Crippen LogP contribution in [0, 0.1) is 0 Å². The van der Waals surface area contributed by atoms with Crippen molar-refractivity contribution in [1.82, 2.24) is 13.6 Å². The van der Waals surface area contributed by atoms with E-state index in [-0.39, 0.29) is 6.61 Å². The summed E-state index contributed by atoms with van der Waals surface area (Å²) in [7, 11) is 0. The molecule has 0 bridgehead atoms. The van der Waals surface area contributed by atoms with Gasteiger partial charge in [-0.25, -0.2) is 0 Å². The van der Waals surface area contributed by atoms with Gasteiger partial charge in [0.15, 0.2) is 0 Å². The lowest BCUT2D eigenvalue weighted by Gasteiger charge is -2.23. The van der Waals surface area contributed by atoms with E-state index in [1.165, 1.54) is 11.7 Å². The van der Waals surface area contributed by atoms with Crippen molar-refractivity contribution >= 4 is 17.3 Å². The molecule has 6 heteroatoms. The van der Waals surface area contributed by atoms with Crippen molar-refractivity contribution in [1.29, 1.82) is 0 Å². The van der Waals surface area contributed by atoms with Crippen molar-refractivity contribution in [2.24, 2.45) is 0 Å². The van der Waals surface area contributed by atoms with Crippen LogP contribution in [0.4, 0.5) is 0 Å². The van der Waals surface area contributed by atoms with E-state index < -0.39 is 0 Å². The van der Waals surface area contributed by atoms with Gasteiger partial charge < -0.3 is 14.7 Å². The Morgan fingerprint density at radius 3 is 3.16 bits per heavy atom. The minimum atomic E-state index is 0.215. The fourth-order valence-electron chi connectivity index (χ4n) is 1.86. The first-order valence-corrected chi connectivity index (χ1v) is 7.26. The number of aromatic nitrogens is 2. The zero-order chi connectivity index (χ0) is 13.5. The SMILES string of the molecule is CCCOc1nsnc1C1=CC=CN(CCCO)C1. The number of aliphatic hydroxyl groups excluding tert-OH is 1. The summed E-state index contributed by atoms with van der Waals surface area (Å²) in [4.78, 5) is 2.16. The lowest BCUT2D eigenvalue weighted by molar-refractivity contribution is 0.264. The van der Waals surface area contributed by atoms with Gasteiger partial charge in [0, 0.05) is 25.3 Å². The van der Waals surface area contributed by atoms with Crippen molar-refractivity contribution in [3.63, 3.8) is 0 Å². The second-order valence-corrected chi connectivity index (χ2v) is 4.88.